The topological polar surface area (TPSA) is 59.4 Å². The number of nitrogens with zero attached hydrogens (tertiary/aromatic N) is 3. The summed E-state index contributed by atoms with van der Waals surface area (Å²) in [6.07, 6.45) is 3.40. The fraction of sp³-hybridized carbons (Fsp3) is 0.154. The Morgan fingerprint density at radius 2 is 2.26 bits per heavy atom. The summed E-state index contributed by atoms with van der Waals surface area (Å²) in [7, 11) is 1.56. The van der Waals surface area contributed by atoms with Gasteiger partial charge < -0.3 is 10.1 Å². The second kappa shape index (κ2) is 4.85. The van der Waals surface area contributed by atoms with Crippen molar-refractivity contribution in [2.24, 2.45) is 4.99 Å². The molecule has 19 heavy (non-hydrogen) atoms. The van der Waals surface area contributed by atoms with E-state index in [9.17, 15) is 0 Å². The number of rotatable bonds is 3. The summed E-state index contributed by atoms with van der Waals surface area (Å²) in [5, 5.41) is 3.34. The Morgan fingerprint density at radius 1 is 1.37 bits per heavy atom. The molecular weight excluding hydrogens is 264 g/mol. The summed E-state index contributed by atoms with van der Waals surface area (Å²) in [5.74, 6) is 1.08. The van der Waals surface area contributed by atoms with Crippen molar-refractivity contribution in [1.82, 2.24) is 9.97 Å². The number of ether oxygens (including phenoxy) is 1. The lowest BCUT2D eigenvalue weighted by atomic mass is 10.1. The second-order valence-corrected chi connectivity index (χ2v) is 4.40. The first-order chi connectivity index (χ1) is 9.26. The van der Waals surface area contributed by atoms with Gasteiger partial charge >= 0.3 is 0 Å². The molecule has 0 fully saturated rings. The molecule has 0 unspecified atom stereocenters. The molecule has 6 heteroatoms. The molecule has 0 spiro atoms. The zero-order valence-corrected chi connectivity index (χ0v) is 11.0. The Labute approximate surface area is 115 Å². The molecule has 1 aliphatic rings. The zero-order chi connectivity index (χ0) is 13.2. The van der Waals surface area contributed by atoms with Crippen molar-refractivity contribution in [3.63, 3.8) is 0 Å². The van der Waals surface area contributed by atoms with E-state index in [2.05, 4.69) is 20.3 Å². The van der Waals surface area contributed by atoms with Crippen molar-refractivity contribution in [2.45, 2.75) is 6.54 Å². The van der Waals surface area contributed by atoms with Gasteiger partial charge in [0.25, 0.3) is 0 Å². The molecule has 5 nitrogen and oxygen atoms in total. The van der Waals surface area contributed by atoms with Crippen LogP contribution in [0.5, 0.6) is 5.75 Å². The van der Waals surface area contributed by atoms with Gasteiger partial charge in [-0.3, -0.25) is 4.99 Å². The zero-order valence-electron chi connectivity index (χ0n) is 10.2. The minimum Gasteiger partial charge on any atom is -0.491 e. The highest BCUT2D eigenvalue weighted by atomic mass is 35.5. The van der Waals surface area contributed by atoms with Crippen LogP contribution in [-0.2, 0) is 6.54 Å². The maximum atomic E-state index is 5.79. The van der Waals surface area contributed by atoms with Crippen molar-refractivity contribution < 1.29 is 4.74 Å². The summed E-state index contributed by atoms with van der Waals surface area (Å²) in [5.41, 5.74) is 3.24. The van der Waals surface area contributed by atoms with Gasteiger partial charge in [-0.25, -0.2) is 4.98 Å². The molecule has 0 bridgehead atoms. The van der Waals surface area contributed by atoms with Crippen molar-refractivity contribution in [1.29, 1.82) is 0 Å². The molecular formula is C13H11ClN4O. The van der Waals surface area contributed by atoms with Gasteiger partial charge in [0.2, 0.25) is 5.28 Å². The van der Waals surface area contributed by atoms with E-state index in [0.717, 1.165) is 17.8 Å². The number of nitrogens with one attached hydrogen (secondary N) is 1. The summed E-state index contributed by atoms with van der Waals surface area (Å²) in [6.45, 7) is 0.748. The van der Waals surface area contributed by atoms with Gasteiger partial charge in [0.1, 0.15) is 0 Å². The van der Waals surface area contributed by atoms with Crippen molar-refractivity contribution in [3.05, 3.63) is 40.8 Å². The first kappa shape index (κ1) is 11.9. The van der Waals surface area contributed by atoms with E-state index in [4.69, 9.17) is 16.3 Å². The van der Waals surface area contributed by atoms with E-state index in [0.29, 0.717) is 11.6 Å². The third kappa shape index (κ3) is 2.37. The molecule has 2 aromatic rings. The van der Waals surface area contributed by atoms with Crippen molar-refractivity contribution in [3.8, 4) is 5.75 Å². The second-order valence-electron chi connectivity index (χ2n) is 4.06. The van der Waals surface area contributed by atoms with Crippen LogP contribution in [0.25, 0.3) is 0 Å². The number of fused-ring (bicyclic) bond motifs is 1. The Bertz CT molecular complexity index is 657. The predicted octanol–water partition coefficient (Wildman–Crippen LogP) is 2.81. The third-order valence-electron chi connectivity index (χ3n) is 2.85. The van der Waals surface area contributed by atoms with Crippen LogP contribution < -0.4 is 10.1 Å². The van der Waals surface area contributed by atoms with Crippen LogP contribution in [0.15, 0.2) is 29.4 Å². The minimum atomic E-state index is 0.172. The summed E-state index contributed by atoms with van der Waals surface area (Å²) >= 11 is 5.79. The van der Waals surface area contributed by atoms with Crippen molar-refractivity contribution >= 4 is 29.3 Å². The first-order valence-electron chi connectivity index (χ1n) is 5.72. The molecule has 0 saturated heterocycles. The smallest absolute Gasteiger partial charge is 0.224 e. The SMILES string of the molecule is COc1cnc(Cl)nc1Nc1ccc2c(c1)C=NC2. The highest BCUT2D eigenvalue weighted by Crippen LogP contribution is 2.27. The van der Waals surface area contributed by atoms with E-state index in [1.165, 1.54) is 11.8 Å². The maximum Gasteiger partial charge on any atom is 0.224 e. The molecule has 0 aliphatic carbocycles. The van der Waals surface area contributed by atoms with Gasteiger partial charge in [-0.15, -0.1) is 0 Å². The quantitative estimate of drug-likeness (QED) is 0.875. The van der Waals surface area contributed by atoms with Crippen molar-refractivity contribution in [2.75, 3.05) is 12.4 Å². The number of halogens is 1. The van der Waals surface area contributed by atoms with Crippen LogP contribution in [-0.4, -0.2) is 23.3 Å². The molecule has 96 valence electrons. The Morgan fingerprint density at radius 3 is 3.11 bits per heavy atom. The predicted molar refractivity (Wildman–Crippen MR) is 74.6 cm³/mol. The van der Waals surface area contributed by atoms with Crippen LogP contribution in [0, 0.1) is 0 Å². The average molecular weight is 275 g/mol. The number of aromatic nitrogens is 2. The lowest BCUT2D eigenvalue weighted by molar-refractivity contribution is 0.413. The molecule has 3 rings (SSSR count). The number of methoxy groups -OCH3 is 1. The summed E-state index contributed by atoms with van der Waals surface area (Å²) < 4.78 is 5.19. The fourth-order valence-electron chi connectivity index (χ4n) is 1.90. The molecule has 1 N–H and O–H groups in total. The molecule has 1 aliphatic heterocycles. The highest BCUT2D eigenvalue weighted by molar-refractivity contribution is 6.28. The molecule has 2 heterocycles. The molecule has 0 saturated carbocycles. The first-order valence-corrected chi connectivity index (χ1v) is 6.10. The van der Waals surface area contributed by atoms with Gasteiger partial charge in [0.05, 0.1) is 19.9 Å². The number of aliphatic imine (C=N–C) groups is 1. The third-order valence-corrected chi connectivity index (χ3v) is 3.03. The van der Waals surface area contributed by atoms with Crippen LogP contribution in [0.2, 0.25) is 5.28 Å². The Balaban J connectivity index is 1.93. The highest BCUT2D eigenvalue weighted by Gasteiger charge is 2.10. The molecule has 0 amide bonds. The summed E-state index contributed by atoms with van der Waals surface area (Å²) in [6, 6.07) is 6.03. The molecule has 1 aromatic carbocycles. The Hall–Kier alpha value is -2.14. The normalized spacial score (nSPS) is 12.3. The lowest BCUT2D eigenvalue weighted by Crippen LogP contribution is -1.99. The van der Waals surface area contributed by atoms with Crippen LogP contribution in [0.3, 0.4) is 0 Å². The molecule has 1 aromatic heterocycles. The Kier molecular flexibility index (Phi) is 3.05. The largest absolute Gasteiger partial charge is 0.491 e. The van der Waals surface area contributed by atoms with Crippen LogP contribution >= 0.6 is 11.6 Å². The number of benzene rings is 1. The van der Waals surface area contributed by atoms with Gasteiger partial charge in [0, 0.05) is 11.9 Å². The number of hydrogen-bond donors (Lipinski definition) is 1. The number of hydrogen-bond acceptors (Lipinski definition) is 5. The average Bonchev–Trinajstić information content (AvgIpc) is 2.86. The van der Waals surface area contributed by atoms with Gasteiger partial charge in [-0.1, -0.05) is 6.07 Å². The summed E-state index contributed by atoms with van der Waals surface area (Å²) in [4.78, 5) is 12.2. The fourth-order valence-corrected chi connectivity index (χ4v) is 2.04. The van der Waals surface area contributed by atoms with E-state index in [1.54, 1.807) is 7.11 Å². The van der Waals surface area contributed by atoms with E-state index in [-0.39, 0.29) is 5.28 Å². The van der Waals surface area contributed by atoms with Gasteiger partial charge in [-0.2, -0.15) is 4.98 Å². The van der Waals surface area contributed by atoms with E-state index in [1.807, 2.05) is 24.4 Å². The minimum absolute atomic E-state index is 0.172. The molecule has 0 atom stereocenters. The maximum absolute atomic E-state index is 5.79. The van der Waals surface area contributed by atoms with Crippen LogP contribution in [0.4, 0.5) is 11.5 Å². The van der Waals surface area contributed by atoms with Gasteiger partial charge in [0.15, 0.2) is 11.6 Å². The lowest BCUT2D eigenvalue weighted by Gasteiger charge is -2.10. The number of anilines is 2. The van der Waals surface area contributed by atoms with E-state index < -0.39 is 0 Å². The monoisotopic (exact) mass is 274 g/mol. The standard InChI is InChI=1S/C13H11ClN4O/c1-19-11-7-16-13(14)18-12(11)17-10-3-2-8-5-15-6-9(8)4-10/h2-4,6-7H,5H2,1H3,(H,16,17,18). The van der Waals surface area contributed by atoms with Gasteiger partial charge in [-0.05, 0) is 34.9 Å². The molecule has 0 radical (unpaired) electrons. The van der Waals surface area contributed by atoms with Crippen LogP contribution in [0.1, 0.15) is 11.1 Å². The van der Waals surface area contributed by atoms with E-state index >= 15 is 0 Å².